The van der Waals surface area contributed by atoms with Gasteiger partial charge in [0, 0.05) is 6.54 Å². The summed E-state index contributed by atoms with van der Waals surface area (Å²) in [6, 6.07) is 9.54. The van der Waals surface area contributed by atoms with Crippen molar-refractivity contribution in [3.63, 3.8) is 0 Å². The molecule has 1 atom stereocenters. The molecule has 82 valence electrons. The van der Waals surface area contributed by atoms with E-state index in [0.717, 1.165) is 12.1 Å². The van der Waals surface area contributed by atoms with Gasteiger partial charge in [-0.2, -0.15) is 5.26 Å². The van der Waals surface area contributed by atoms with Crippen molar-refractivity contribution in [1.29, 1.82) is 5.26 Å². The van der Waals surface area contributed by atoms with Crippen LogP contribution >= 0.6 is 11.8 Å². The molecule has 0 saturated carbocycles. The first-order chi connectivity index (χ1) is 7.76. The fourth-order valence-electron chi connectivity index (χ4n) is 1.79. The zero-order valence-electron chi connectivity index (χ0n) is 9.01. The van der Waals surface area contributed by atoms with E-state index < -0.39 is 0 Å². The van der Waals surface area contributed by atoms with Crippen LogP contribution in [-0.4, -0.2) is 23.1 Å². The van der Waals surface area contributed by atoms with Gasteiger partial charge in [0.1, 0.15) is 5.37 Å². The van der Waals surface area contributed by atoms with E-state index in [1.165, 1.54) is 0 Å². The first-order valence-electron chi connectivity index (χ1n) is 5.17. The number of hydrogen-bond acceptors (Lipinski definition) is 3. The Morgan fingerprint density at radius 3 is 2.75 bits per heavy atom. The lowest BCUT2D eigenvalue weighted by atomic mass is 10.1. The summed E-state index contributed by atoms with van der Waals surface area (Å²) < 4.78 is 0. The normalized spacial score (nSPS) is 19.9. The zero-order chi connectivity index (χ0) is 11.5. The molecular weight excluding hydrogens is 220 g/mol. The highest BCUT2D eigenvalue weighted by Gasteiger charge is 2.31. The van der Waals surface area contributed by atoms with Crippen molar-refractivity contribution >= 4 is 17.7 Å². The molecular formula is C12H12N2OS. The molecule has 4 heteroatoms. The van der Waals surface area contributed by atoms with Gasteiger partial charge in [0.05, 0.1) is 17.4 Å². The van der Waals surface area contributed by atoms with Gasteiger partial charge in [0.2, 0.25) is 5.91 Å². The summed E-state index contributed by atoms with van der Waals surface area (Å²) in [5.41, 5.74) is 1.75. The van der Waals surface area contributed by atoms with Gasteiger partial charge < -0.3 is 4.90 Å². The predicted molar refractivity (Wildman–Crippen MR) is 63.7 cm³/mol. The van der Waals surface area contributed by atoms with E-state index in [-0.39, 0.29) is 11.3 Å². The molecule has 2 rings (SSSR count). The third-order valence-electron chi connectivity index (χ3n) is 2.63. The molecule has 16 heavy (non-hydrogen) atoms. The minimum Gasteiger partial charge on any atom is -0.326 e. The Bertz CT molecular complexity index is 435. The number of nitriles is 1. The molecule has 0 N–H and O–H groups in total. The Labute approximate surface area is 99.1 Å². The summed E-state index contributed by atoms with van der Waals surface area (Å²) in [5, 5.41) is 8.83. The Morgan fingerprint density at radius 2 is 2.19 bits per heavy atom. The van der Waals surface area contributed by atoms with Crippen molar-refractivity contribution in [3.8, 4) is 6.07 Å². The van der Waals surface area contributed by atoms with Crippen LogP contribution in [0.1, 0.15) is 23.4 Å². The zero-order valence-corrected chi connectivity index (χ0v) is 9.83. The Hall–Kier alpha value is -1.47. The molecule has 1 aromatic carbocycles. The average molecular weight is 232 g/mol. The predicted octanol–water partition coefficient (Wildman–Crippen LogP) is 2.15. The SMILES string of the molecule is CCN1C(=O)CSC1c1ccc(C#N)cc1. The van der Waals surface area contributed by atoms with Crippen LogP contribution in [-0.2, 0) is 4.79 Å². The van der Waals surface area contributed by atoms with Gasteiger partial charge in [0.15, 0.2) is 0 Å². The fourth-order valence-corrected chi connectivity index (χ4v) is 3.06. The highest BCUT2D eigenvalue weighted by molar-refractivity contribution is 8.00. The average Bonchev–Trinajstić information content (AvgIpc) is 2.70. The topological polar surface area (TPSA) is 44.1 Å². The number of carbonyl (C=O) groups is 1. The second-order valence-electron chi connectivity index (χ2n) is 3.58. The Balaban J connectivity index is 2.24. The Kier molecular flexibility index (Phi) is 3.16. The summed E-state index contributed by atoms with van der Waals surface area (Å²) in [6.45, 7) is 2.72. The van der Waals surface area contributed by atoms with Crippen LogP contribution in [0.15, 0.2) is 24.3 Å². The summed E-state index contributed by atoms with van der Waals surface area (Å²) in [5.74, 6) is 0.750. The molecule has 0 bridgehead atoms. The highest BCUT2D eigenvalue weighted by Crippen LogP contribution is 2.38. The van der Waals surface area contributed by atoms with E-state index in [0.29, 0.717) is 11.3 Å². The van der Waals surface area contributed by atoms with Crippen LogP contribution in [0.25, 0.3) is 0 Å². The lowest BCUT2D eigenvalue weighted by Gasteiger charge is -2.22. The third-order valence-corrected chi connectivity index (χ3v) is 3.89. The quantitative estimate of drug-likeness (QED) is 0.784. The minimum atomic E-state index is 0.116. The van der Waals surface area contributed by atoms with Gasteiger partial charge in [-0.15, -0.1) is 11.8 Å². The van der Waals surface area contributed by atoms with Crippen molar-refractivity contribution in [2.45, 2.75) is 12.3 Å². The van der Waals surface area contributed by atoms with E-state index in [1.807, 2.05) is 24.0 Å². The molecule has 0 aliphatic carbocycles. The number of nitrogens with zero attached hydrogens (tertiary/aromatic N) is 2. The van der Waals surface area contributed by atoms with Gasteiger partial charge in [-0.05, 0) is 24.6 Å². The lowest BCUT2D eigenvalue weighted by Crippen LogP contribution is -2.27. The largest absolute Gasteiger partial charge is 0.326 e. The van der Waals surface area contributed by atoms with Gasteiger partial charge in [0.25, 0.3) is 0 Å². The van der Waals surface area contributed by atoms with E-state index in [9.17, 15) is 4.79 Å². The van der Waals surface area contributed by atoms with Crippen molar-refractivity contribution in [1.82, 2.24) is 4.90 Å². The van der Waals surface area contributed by atoms with Crippen LogP contribution in [0, 0.1) is 11.3 Å². The van der Waals surface area contributed by atoms with Gasteiger partial charge >= 0.3 is 0 Å². The van der Waals surface area contributed by atoms with Crippen molar-refractivity contribution in [3.05, 3.63) is 35.4 Å². The molecule has 1 aliphatic rings. The van der Waals surface area contributed by atoms with E-state index in [4.69, 9.17) is 5.26 Å². The number of thioether (sulfide) groups is 1. The van der Waals surface area contributed by atoms with Crippen molar-refractivity contribution in [2.75, 3.05) is 12.3 Å². The molecule has 0 radical (unpaired) electrons. The maximum Gasteiger partial charge on any atom is 0.233 e. The van der Waals surface area contributed by atoms with E-state index in [2.05, 4.69) is 6.07 Å². The van der Waals surface area contributed by atoms with Crippen LogP contribution < -0.4 is 0 Å². The van der Waals surface area contributed by atoms with Crippen LogP contribution in [0.3, 0.4) is 0 Å². The molecule has 1 aromatic rings. The Morgan fingerprint density at radius 1 is 1.50 bits per heavy atom. The fraction of sp³-hybridized carbons (Fsp3) is 0.333. The molecule has 1 saturated heterocycles. The lowest BCUT2D eigenvalue weighted by molar-refractivity contribution is -0.127. The number of amides is 1. The standard InChI is InChI=1S/C12H12N2OS/c1-2-14-11(15)8-16-12(14)10-5-3-9(7-13)4-6-10/h3-6,12H,2,8H2,1H3. The van der Waals surface area contributed by atoms with Gasteiger partial charge in [-0.3, -0.25) is 4.79 Å². The number of rotatable bonds is 2. The highest BCUT2D eigenvalue weighted by atomic mass is 32.2. The second-order valence-corrected chi connectivity index (χ2v) is 4.65. The third kappa shape index (κ3) is 1.91. The molecule has 1 aliphatic heterocycles. The molecule has 1 unspecified atom stereocenters. The maximum atomic E-state index is 11.6. The summed E-state index contributed by atoms with van der Waals surface area (Å²) >= 11 is 1.64. The monoisotopic (exact) mass is 232 g/mol. The minimum absolute atomic E-state index is 0.116. The second kappa shape index (κ2) is 4.58. The first-order valence-corrected chi connectivity index (χ1v) is 6.22. The summed E-state index contributed by atoms with van der Waals surface area (Å²) in [4.78, 5) is 13.4. The summed E-state index contributed by atoms with van der Waals surface area (Å²) in [7, 11) is 0. The van der Waals surface area contributed by atoms with Crippen LogP contribution in [0.2, 0.25) is 0 Å². The van der Waals surface area contributed by atoms with Gasteiger partial charge in [-0.25, -0.2) is 0 Å². The van der Waals surface area contributed by atoms with E-state index >= 15 is 0 Å². The van der Waals surface area contributed by atoms with E-state index in [1.54, 1.807) is 23.9 Å². The smallest absolute Gasteiger partial charge is 0.233 e. The number of benzene rings is 1. The first kappa shape index (κ1) is 11.0. The molecule has 3 nitrogen and oxygen atoms in total. The molecule has 1 heterocycles. The van der Waals surface area contributed by atoms with Crippen molar-refractivity contribution < 1.29 is 4.79 Å². The van der Waals surface area contributed by atoms with Gasteiger partial charge in [-0.1, -0.05) is 12.1 Å². The maximum absolute atomic E-state index is 11.6. The molecule has 0 spiro atoms. The molecule has 1 amide bonds. The van der Waals surface area contributed by atoms with Crippen molar-refractivity contribution in [2.24, 2.45) is 0 Å². The van der Waals surface area contributed by atoms with Crippen LogP contribution in [0.5, 0.6) is 0 Å². The number of carbonyl (C=O) groups excluding carboxylic acids is 1. The molecule has 1 fully saturated rings. The molecule has 0 aromatic heterocycles. The van der Waals surface area contributed by atoms with Crippen LogP contribution in [0.4, 0.5) is 0 Å². The summed E-state index contributed by atoms with van der Waals surface area (Å²) in [6.07, 6.45) is 0. The number of hydrogen-bond donors (Lipinski definition) is 0.